The molecule has 3 fully saturated rings. The minimum atomic E-state index is -0.0507. The number of hydrogen-bond acceptors (Lipinski definition) is 4. The van der Waals surface area contributed by atoms with E-state index in [1.54, 1.807) is 0 Å². The first-order valence-corrected chi connectivity index (χ1v) is 9.26. The summed E-state index contributed by atoms with van der Waals surface area (Å²) in [6, 6.07) is 1.04. The van der Waals surface area contributed by atoms with Crippen LogP contribution in [0.2, 0.25) is 0 Å². The van der Waals surface area contributed by atoms with Crippen molar-refractivity contribution < 1.29 is 9.47 Å². The summed E-state index contributed by atoms with van der Waals surface area (Å²) in [5.74, 6) is 1.04. The van der Waals surface area contributed by atoms with Crippen molar-refractivity contribution in [2.45, 2.75) is 51.3 Å². The lowest BCUT2D eigenvalue weighted by atomic mass is 9.56. The van der Waals surface area contributed by atoms with Crippen LogP contribution in [0.3, 0.4) is 0 Å². The van der Waals surface area contributed by atoms with Crippen LogP contribution in [0.5, 0.6) is 0 Å². The highest BCUT2D eigenvalue weighted by Gasteiger charge is 2.58. The first kappa shape index (κ1) is 21.2. The molecule has 0 aromatic heterocycles. The van der Waals surface area contributed by atoms with Crippen molar-refractivity contribution in [2.75, 3.05) is 53.6 Å². The summed E-state index contributed by atoms with van der Waals surface area (Å²) < 4.78 is 11.2. The van der Waals surface area contributed by atoms with Crippen LogP contribution in [-0.2, 0) is 9.47 Å². The van der Waals surface area contributed by atoms with Crippen molar-refractivity contribution >= 4 is 29.9 Å². The number of methoxy groups -OCH3 is 1. The van der Waals surface area contributed by atoms with Gasteiger partial charge in [0.2, 0.25) is 0 Å². The molecule has 0 aromatic carbocycles. The second-order valence-corrected chi connectivity index (χ2v) is 8.14. The quantitative estimate of drug-likeness (QED) is 0.391. The Labute approximate surface area is 169 Å². The van der Waals surface area contributed by atoms with Gasteiger partial charge in [-0.05, 0) is 19.8 Å². The molecule has 3 rings (SSSR count). The molecule has 0 aromatic rings. The van der Waals surface area contributed by atoms with Gasteiger partial charge in [0.25, 0.3) is 0 Å². The summed E-state index contributed by atoms with van der Waals surface area (Å²) in [6.07, 6.45) is 2.24. The largest absolute Gasteiger partial charge is 0.379 e. The van der Waals surface area contributed by atoms with E-state index in [9.17, 15) is 0 Å². The van der Waals surface area contributed by atoms with Crippen LogP contribution >= 0.6 is 24.0 Å². The minimum absolute atomic E-state index is 0. The smallest absolute Gasteiger partial charge is 0.193 e. The molecule has 0 amide bonds. The Hall–Kier alpha value is -0.120. The summed E-state index contributed by atoms with van der Waals surface area (Å²) in [5, 5.41) is 3.70. The SMILES string of the molecule is CN=C(NC1CC(C)(OC)C1(C)C)N1CCC(N2CCOCC2)C1.I. The normalized spacial score (nSPS) is 35.9. The number of ether oxygens (including phenoxy) is 2. The molecule has 3 atom stereocenters. The van der Waals surface area contributed by atoms with Crippen LogP contribution in [-0.4, -0.2) is 87.0 Å². The highest BCUT2D eigenvalue weighted by molar-refractivity contribution is 14.0. The lowest BCUT2D eigenvalue weighted by Crippen LogP contribution is -2.69. The molecule has 146 valence electrons. The number of halogens is 1. The van der Waals surface area contributed by atoms with Gasteiger partial charge >= 0.3 is 0 Å². The zero-order valence-corrected chi connectivity index (χ0v) is 18.7. The lowest BCUT2D eigenvalue weighted by molar-refractivity contribution is -0.176. The summed E-state index contributed by atoms with van der Waals surface area (Å²) in [4.78, 5) is 9.55. The Morgan fingerprint density at radius 1 is 1.20 bits per heavy atom. The van der Waals surface area contributed by atoms with Gasteiger partial charge in [-0.3, -0.25) is 9.89 Å². The first-order valence-electron chi connectivity index (χ1n) is 9.26. The fourth-order valence-corrected chi connectivity index (χ4v) is 4.35. The molecule has 7 heteroatoms. The number of aliphatic imine (C=N–C) groups is 1. The van der Waals surface area contributed by atoms with Gasteiger partial charge in [0.1, 0.15) is 0 Å². The predicted molar refractivity (Wildman–Crippen MR) is 112 cm³/mol. The molecule has 2 heterocycles. The number of morpholine rings is 1. The molecule has 25 heavy (non-hydrogen) atoms. The zero-order chi connectivity index (χ0) is 17.4. The highest BCUT2D eigenvalue weighted by atomic mass is 127. The van der Waals surface area contributed by atoms with Crippen molar-refractivity contribution in [3.05, 3.63) is 0 Å². The van der Waals surface area contributed by atoms with E-state index < -0.39 is 0 Å². The number of rotatable bonds is 3. The lowest BCUT2D eigenvalue weighted by Gasteiger charge is -2.59. The molecule has 1 aliphatic carbocycles. The maximum Gasteiger partial charge on any atom is 0.193 e. The molecule has 2 saturated heterocycles. The van der Waals surface area contributed by atoms with E-state index in [4.69, 9.17) is 9.47 Å². The Morgan fingerprint density at radius 2 is 1.88 bits per heavy atom. The number of nitrogens with one attached hydrogen (secondary N) is 1. The third kappa shape index (κ3) is 3.94. The topological polar surface area (TPSA) is 49.3 Å². The average Bonchev–Trinajstić information content (AvgIpc) is 3.08. The number of hydrogen-bond donors (Lipinski definition) is 1. The Bertz CT molecular complexity index is 482. The second-order valence-electron chi connectivity index (χ2n) is 8.14. The van der Waals surface area contributed by atoms with Crippen molar-refractivity contribution in [1.82, 2.24) is 15.1 Å². The van der Waals surface area contributed by atoms with Crippen molar-refractivity contribution in [2.24, 2.45) is 10.4 Å². The molecule has 0 spiro atoms. The molecule has 6 nitrogen and oxygen atoms in total. The molecule has 1 N–H and O–H groups in total. The Kier molecular flexibility index (Phi) is 7.01. The van der Waals surface area contributed by atoms with Crippen LogP contribution in [0.4, 0.5) is 0 Å². The zero-order valence-electron chi connectivity index (χ0n) is 16.4. The van der Waals surface area contributed by atoms with Gasteiger partial charge in [-0.2, -0.15) is 0 Å². The highest BCUT2D eigenvalue weighted by Crippen LogP contribution is 2.51. The van der Waals surface area contributed by atoms with E-state index in [0.29, 0.717) is 12.1 Å². The fraction of sp³-hybridized carbons (Fsp3) is 0.944. The second kappa shape index (κ2) is 8.27. The van der Waals surface area contributed by atoms with E-state index >= 15 is 0 Å². The van der Waals surface area contributed by atoms with E-state index in [1.165, 1.54) is 6.42 Å². The maximum atomic E-state index is 5.74. The predicted octanol–water partition coefficient (Wildman–Crippen LogP) is 1.79. The van der Waals surface area contributed by atoms with Gasteiger partial charge in [0, 0.05) is 57.8 Å². The minimum Gasteiger partial charge on any atom is -0.379 e. The van der Waals surface area contributed by atoms with Gasteiger partial charge in [-0.15, -0.1) is 24.0 Å². The number of guanidine groups is 1. The third-order valence-corrected chi connectivity index (χ3v) is 6.82. The van der Waals surface area contributed by atoms with Gasteiger partial charge in [-0.25, -0.2) is 0 Å². The monoisotopic (exact) mass is 466 g/mol. The molecule has 2 aliphatic heterocycles. The molecular weight excluding hydrogens is 431 g/mol. The van der Waals surface area contributed by atoms with Gasteiger partial charge in [0.05, 0.1) is 18.8 Å². The van der Waals surface area contributed by atoms with E-state index in [-0.39, 0.29) is 35.0 Å². The van der Waals surface area contributed by atoms with Crippen LogP contribution < -0.4 is 5.32 Å². The first-order chi connectivity index (χ1) is 11.4. The van der Waals surface area contributed by atoms with Gasteiger partial charge < -0.3 is 19.7 Å². The van der Waals surface area contributed by atoms with Crippen LogP contribution in [0.15, 0.2) is 4.99 Å². The fourth-order valence-electron chi connectivity index (χ4n) is 4.35. The summed E-state index contributed by atoms with van der Waals surface area (Å²) in [5.41, 5.74) is 0.0475. The number of nitrogens with zero attached hydrogens (tertiary/aromatic N) is 3. The molecule has 1 saturated carbocycles. The van der Waals surface area contributed by atoms with E-state index in [2.05, 4.69) is 40.9 Å². The van der Waals surface area contributed by atoms with Crippen LogP contribution in [0.1, 0.15) is 33.6 Å². The standard InChI is InChI=1S/C18H34N4O2.HI/c1-17(2)15(12-18(17,3)23-5)20-16(19-4)22-7-6-14(13-22)21-8-10-24-11-9-21;/h14-15H,6-13H2,1-5H3,(H,19,20);1H. The number of likely N-dealkylation sites (tertiary alicyclic amines) is 1. The van der Waals surface area contributed by atoms with Crippen molar-refractivity contribution in [3.63, 3.8) is 0 Å². The molecule has 3 unspecified atom stereocenters. The summed E-state index contributed by atoms with van der Waals surface area (Å²) in [6.45, 7) is 12.8. The van der Waals surface area contributed by atoms with Crippen LogP contribution in [0, 0.1) is 5.41 Å². The third-order valence-electron chi connectivity index (χ3n) is 6.82. The van der Waals surface area contributed by atoms with Crippen molar-refractivity contribution in [1.29, 1.82) is 0 Å². The molecular formula is C18H35IN4O2. The van der Waals surface area contributed by atoms with E-state index in [1.807, 2.05) is 14.2 Å². The van der Waals surface area contributed by atoms with Gasteiger partial charge in [-0.1, -0.05) is 13.8 Å². The summed E-state index contributed by atoms with van der Waals surface area (Å²) >= 11 is 0. The molecule has 3 aliphatic rings. The van der Waals surface area contributed by atoms with Crippen molar-refractivity contribution in [3.8, 4) is 0 Å². The summed E-state index contributed by atoms with van der Waals surface area (Å²) in [7, 11) is 3.71. The Balaban J connectivity index is 0.00000225. The molecule has 0 radical (unpaired) electrons. The average molecular weight is 466 g/mol. The Morgan fingerprint density at radius 3 is 2.44 bits per heavy atom. The van der Waals surface area contributed by atoms with Gasteiger partial charge in [0.15, 0.2) is 5.96 Å². The molecule has 0 bridgehead atoms. The maximum absolute atomic E-state index is 5.74. The van der Waals surface area contributed by atoms with Crippen LogP contribution in [0.25, 0.3) is 0 Å². The van der Waals surface area contributed by atoms with E-state index in [0.717, 1.165) is 51.8 Å².